The van der Waals surface area contributed by atoms with Crippen LogP contribution in [-0.4, -0.2) is 41.5 Å². The number of carbonyl (C=O) groups is 1. The zero-order valence-corrected chi connectivity index (χ0v) is 16.2. The fourth-order valence-electron chi connectivity index (χ4n) is 2.94. The molecule has 0 aliphatic heterocycles. The van der Waals surface area contributed by atoms with Gasteiger partial charge in [0.2, 0.25) is 5.91 Å². The summed E-state index contributed by atoms with van der Waals surface area (Å²) >= 11 is 0. The molecule has 3 rings (SSSR count). The summed E-state index contributed by atoms with van der Waals surface area (Å²) in [4.78, 5) is 20.8. The number of likely N-dealkylation sites (N-methyl/N-ethyl adjacent to an activating group) is 1. The van der Waals surface area contributed by atoms with E-state index in [2.05, 4.69) is 21.7 Å². The predicted molar refractivity (Wildman–Crippen MR) is 109 cm³/mol. The number of nitrogens with zero attached hydrogens (tertiary/aromatic N) is 4. The van der Waals surface area contributed by atoms with Crippen molar-refractivity contribution in [2.75, 3.05) is 26.0 Å². The van der Waals surface area contributed by atoms with Crippen LogP contribution in [0.4, 0.5) is 5.69 Å². The third-order valence-electron chi connectivity index (χ3n) is 4.61. The van der Waals surface area contributed by atoms with Crippen LogP contribution in [0.25, 0.3) is 0 Å². The fraction of sp³-hybridized carbons (Fsp3) is 0.273. The first-order chi connectivity index (χ1) is 13.0. The number of hydrogen-bond donors (Lipinski definition) is 0. The van der Waals surface area contributed by atoms with E-state index in [-0.39, 0.29) is 5.91 Å². The molecule has 2 aromatic carbocycles. The van der Waals surface area contributed by atoms with Crippen molar-refractivity contribution in [3.63, 3.8) is 0 Å². The van der Waals surface area contributed by atoms with E-state index in [1.54, 1.807) is 11.1 Å². The quantitative estimate of drug-likeness (QED) is 0.648. The van der Waals surface area contributed by atoms with Gasteiger partial charge in [-0.2, -0.15) is 0 Å². The molecule has 140 valence electrons. The van der Waals surface area contributed by atoms with Gasteiger partial charge in [-0.1, -0.05) is 42.5 Å². The molecule has 1 aromatic heterocycles. The van der Waals surface area contributed by atoms with Gasteiger partial charge in [0.05, 0.1) is 13.0 Å². The number of carbonyl (C=O) groups excluding carboxylic acids is 1. The summed E-state index contributed by atoms with van der Waals surface area (Å²) in [6, 6.07) is 18.4. The van der Waals surface area contributed by atoms with E-state index in [4.69, 9.17) is 0 Å². The minimum atomic E-state index is 0.0851. The van der Waals surface area contributed by atoms with Gasteiger partial charge in [-0.3, -0.25) is 4.79 Å². The second kappa shape index (κ2) is 8.54. The molecule has 0 atom stereocenters. The Labute approximate surface area is 160 Å². The summed E-state index contributed by atoms with van der Waals surface area (Å²) in [5.41, 5.74) is 3.36. The van der Waals surface area contributed by atoms with Crippen LogP contribution in [0.3, 0.4) is 0 Å². The Balaban J connectivity index is 1.61. The molecule has 0 radical (unpaired) electrons. The van der Waals surface area contributed by atoms with Crippen molar-refractivity contribution in [1.82, 2.24) is 14.5 Å². The molecule has 0 fully saturated rings. The van der Waals surface area contributed by atoms with Gasteiger partial charge in [-0.05, 0) is 23.3 Å². The number of aromatic nitrogens is 2. The maximum Gasteiger partial charge on any atom is 0.227 e. The zero-order chi connectivity index (χ0) is 19.2. The minimum Gasteiger partial charge on any atom is -0.378 e. The summed E-state index contributed by atoms with van der Waals surface area (Å²) in [5, 5.41) is 0. The van der Waals surface area contributed by atoms with Crippen LogP contribution in [0.1, 0.15) is 17.0 Å². The summed E-state index contributed by atoms with van der Waals surface area (Å²) < 4.78 is 2.09. The molecule has 0 saturated heterocycles. The first-order valence-corrected chi connectivity index (χ1v) is 9.07. The molecule has 1 amide bonds. The Hall–Kier alpha value is -3.08. The Morgan fingerprint density at radius 1 is 0.963 bits per heavy atom. The van der Waals surface area contributed by atoms with Gasteiger partial charge in [-0.25, -0.2) is 4.98 Å². The molecule has 3 aromatic rings. The minimum absolute atomic E-state index is 0.0851. The molecule has 0 aliphatic rings. The molecule has 27 heavy (non-hydrogen) atoms. The molecule has 0 saturated carbocycles. The molecule has 0 bridgehead atoms. The smallest absolute Gasteiger partial charge is 0.227 e. The largest absolute Gasteiger partial charge is 0.378 e. The molecule has 0 aliphatic carbocycles. The summed E-state index contributed by atoms with van der Waals surface area (Å²) in [5.74, 6) is 0.972. The van der Waals surface area contributed by atoms with Gasteiger partial charge < -0.3 is 14.4 Å². The molecule has 0 unspecified atom stereocenters. The van der Waals surface area contributed by atoms with Crippen molar-refractivity contribution < 1.29 is 4.79 Å². The highest BCUT2D eigenvalue weighted by atomic mass is 16.2. The number of amides is 1. The summed E-state index contributed by atoms with van der Waals surface area (Å²) in [6.45, 7) is 1.25. The van der Waals surface area contributed by atoms with E-state index < -0.39 is 0 Å². The van der Waals surface area contributed by atoms with Crippen molar-refractivity contribution >= 4 is 11.6 Å². The maximum absolute atomic E-state index is 12.6. The van der Waals surface area contributed by atoms with Crippen LogP contribution >= 0.6 is 0 Å². The average molecular weight is 362 g/mol. The Bertz CT molecular complexity index is 869. The van der Waals surface area contributed by atoms with E-state index in [1.165, 1.54) is 5.56 Å². The zero-order valence-electron chi connectivity index (χ0n) is 16.2. The van der Waals surface area contributed by atoms with Gasteiger partial charge in [0.1, 0.15) is 5.82 Å². The molecule has 5 nitrogen and oxygen atoms in total. The number of benzene rings is 2. The molecule has 0 N–H and O–H groups in total. The van der Waals surface area contributed by atoms with Gasteiger partial charge in [-0.15, -0.1) is 0 Å². The van der Waals surface area contributed by atoms with Crippen molar-refractivity contribution in [1.29, 1.82) is 0 Å². The van der Waals surface area contributed by atoms with Crippen molar-refractivity contribution in [2.24, 2.45) is 0 Å². The van der Waals surface area contributed by atoms with E-state index in [0.29, 0.717) is 13.0 Å². The topological polar surface area (TPSA) is 41.4 Å². The van der Waals surface area contributed by atoms with Gasteiger partial charge in [0.25, 0.3) is 0 Å². The normalized spacial score (nSPS) is 10.6. The summed E-state index contributed by atoms with van der Waals surface area (Å²) in [6.07, 6.45) is 4.14. The van der Waals surface area contributed by atoms with Gasteiger partial charge in [0.15, 0.2) is 0 Å². The predicted octanol–water partition coefficient (Wildman–Crippen LogP) is 3.20. The molecule has 5 heteroatoms. The standard InChI is InChI=1S/C22H26N4O/c1-24(2)20-11-9-18(10-12-20)15-22(27)25(3)17-21-23-13-14-26(21)16-19-7-5-4-6-8-19/h4-14H,15-17H2,1-3H3. The van der Waals surface area contributed by atoms with Crippen LogP contribution in [0.5, 0.6) is 0 Å². The molecular weight excluding hydrogens is 336 g/mol. The highest BCUT2D eigenvalue weighted by Crippen LogP contribution is 2.14. The number of hydrogen-bond acceptors (Lipinski definition) is 3. The second-order valence-electron chi connectivity index (χ2n) is 6.94. The summed E-state index contributed by atoms with van der Waals surface area (Å²) in [7, 11) is 5.84. The van der Waals surface area contributed by atoms with Crippen molar-refractivity contribution in [3.05, 3.63) is 83.9 Å². The molecular formula is C22H26N4O. The Morgan fingerprint density at radius 3 is 2.33 bits per heavy atom. The maximum atomic E-state index is 12.6. The van der Waals surface area contributed by atoms with E-state index >= 15 is 0 Å². The third kappa shape index (κ3) is 4.97. The Kier molecular flexibility index (Phi) is 5.91. The van der Waals surface area contributed by atoms with E-state index in [9.17, 15) is 4.79 Å². The van der Waals surface area contributed by atoms with Gasteiger partial charge >= 0.3 is 0 Å². The average Bonchev–Trinajstić information content (AvgIpc) is 3.09. The Morgan fingerprint density at radius 2 is 1.67 bits per heavy atom. The van der Waals surface area contributed by atoms with Crippen LogP contribution in [0.2, 0.25) is 0 Å². The number of imidazole rings is 1. The van der Waals surface area contributed by atoms with Crippen molar-refractivity contribution in [3.8, 4) is 0 Å². The third-order valence-corrected chi connectivity index (χ3v) is 4.61. The highest BCUT2D eigenvalue weighted by molar-refractivity contribution is 5.78. The lowest BCUT2D eigenvalue weighted by atomic mass is 10.1. The number of anilines is 1. The van der Waals surface area contributed by atoms with Crippen LogP contribution in [-0.2, 0) is 24.3 Å². The van der Waals surface area contributed by atoms with Crippen molar-refractivity contribution in [2.45, 2.75) is 19.5 Å². The van der Waals surface area contributed by atoms with E-state index in [1.807, 2.05) is 74.7 Å². The molecule has 1 heterocycles. The lowest BCUT2D eigenvalue weighted by Crippen LogP contribution is -2.29. The van der Waals surface area contributed by atoms with Crippen LogP contribution < -0.4 is 4.90 Å². The second-order valence-corrected chi connectivity index (χ2v) is 6.94. The molecule has 0 spiro atoms. The number of rotatable bonds is 7. The lowest BCUT2D eigenvalue weighted by molar-refractivity contribution is -0.129. The van der Waals surface area contributed by atoms with Crippen LogP contribution in [0, 0.1) is 0 Å². The monoisotopic (exact) mass is 362 g/mol. The SMILES string of the molecule is CN(Cc1nccn1Cc1ccccc1)C(=O)Cc1ccc(N(C)C)cc1. The highest BCUT2D eigenvalue weighted by Gasteiger charge is 2.13. The fourth-order valence-corrected chi connectivity index (χ4v) is 2.94. The van der Waals surface area contributed by atoms with Crippen LogP contribution in [0.15, 0.2) is 67.0 Å². The van der Waals surface area contributed by atoms with Gasteiger partial charge in [0, 0.05) is 45.8 Å². The first-order valence-electron chi connectivity index (χ1n) is 9.07. The first kappa shape index (κ1) is 18.7. The van der Waals surface area contributed by atoms with E-state index in [0.717, 1.165) is 23.6 Å². The lowest BCUT2D eigenvalue weighted by Gasteiger charge is -2.18.